The van der Waals surface area contributed by atoms with Crippen LogP contribution in [0.5, 0.6) is 0 Å². The zero-order valence-electron chi connectivity index (χ0n) is 17.6. The molecule has 0 radical (unpaired) electrons. The first-order valence-corrected chi connectivity index (χ1v) is 10.5. The first-order valence-electron chi connectivity index (χ1n) is 10.5. The number of hydrogen-bond donors (Lipinski definition) is 0. The minimum absolute atomic E-state index is 0.0399. The van der Waals surface area contributed by atoms with Gasteiger partial charge in [-0.15, -0.1) is 0 Å². The van der Waals surface area contributed by atoms with E-state index in [9.17, 15) is 9.59 Å². The van der Waals surface area contributed by atoms with Gasteiger partial charge in [0.25, 0.3) is 0 Å². The zero-order chi connectivity index (χ0) is 19.5. The summed E-state index contributed by atoms with van der Waals surface area (Å²) in [5, 5.41) is 0. The topological polar surface area (TPSA) is 52.6 Å². The smallest absolute Gasteiger partial charge is 0.311 e. The van der Waals surface area contributed by atoms with Gasteiger partial charge in [-0.2, -0.15) is 0 Å². The molecule has 0 aromatic rings. The van der Waals surface area contributed by atoms with Crippen molar-refractivity contribution in [3.8, 4) is 0 Å². The number of carbonyl (C=O) groups excluding carboxylic acids is 2. The average Bonchev–Trinajstić information content (AvgIpc) is 2.61. The quantitative estimate of drug-likeness (QED) is 0.600. The molecule has 0 amide bonds. The monoisotopic (exact) mass is 366 g/mol. The van der Waals surface area contributed by atoms with Gasteiger partial charge in [-0.3, -0.25) is 9.59 Å². The maximum Gasteiger partial charge on any atom is 0.311 e. The van der Waals surface area contributed by atoms with Crippen molar-refractivity contribution in [3.63, 3.8) is 0 Å². The van der Waals surface area contributed by atoms with Gasteiger partial charge in [0, 0.05) is 0 Å². The highest BCUT2D eigenvalue weighted by atomic mass is 16.6. The lowest BCUT2D eigenvalue weighted by Crippen LogP contribution is -2.46. The highest BCUT2D eigenvalue weighted by molar-refractivity contribution is 5.76. The van der Waals surface area contributed by atoms with Crippen molar-refractivity contribution < 1.29 is 19.1 Å². The summed E-state index contributed by atoms with van der Waals surface area (Å²) >= 11 is 0. The van der Waals surface area contributed by atoms with E-state index in [1.807, 2.05) is 41.5 Å². The second-order valence-electron chi connectivity index (χ2n) is 9.51. The minimum Gasteiger partial charge on any atom is -0.462 e. The average molecular weight is 367 g/mol. The van der Waals surface area contributed by atoms with Crippen molar-refractivity contribution in [1.82, 2.24) is 0 Å². The molecular weight excluding hydrogens is 328 g/mol. The van der Waals surface area contributed by atoms with E-state index >= 15 is 0 Å². The maximum absolute atomic E-state index is 12.8. The highest BCUT2D eigenvalue weighted by Gasteiger charge is 2.46. The van der Waals surface area contributed by atoms with E-state index in [0.717, 1.165) is 51.4 Å². The molecule has 2 fully saturated rings. The molecule has 0 spiro atoms. The molecular formula is C22H38O4. The van der Waals surface area contributed by atoms with Crippen LogP contribution in [0.4, 0.5) is 0 Å². The second-order valence-corrected chi connectivity index (χ2v) is 9.51. The molecule has 0 aromatic carbocycles. The predicted molar refractivity (Wildman–Crippen MR) is 103 cm³/mol. The van der Waals surface area contributed by atoms with E-state index in [4.69, 9.17) is 9.47 Å². The van der Waals surface area contributed by atoms with Gasteiger partial charge < -0.3 is 9.47 Å². The largest absolute Gasteiger partial charge is 0.462 e. The molecule has 4 unspecified atom stereocenters. The molecule has 26 heavy (non-hydrogen) atoms. The van der Waals surface area contributed by atoms with Crippen LogP contribution in [-0.2, 0) is 19.1 Å². The number of fused-ring (bicyclic) bond motifs is 1. The van der Waals surface area contributed by atoms with Gasteiger partial charge in [-0.1, -0.05) is 20.3 Å². The Hall–Kier alpha value is -1.06. The van der Waals surface area contributed by atoms with E-state index in [-0.39, 0.29) is 24.0 Å². The van der Waals surface area contributed by atoms with Crippen LogP contribution in [0.25, 0.3) is 0 Å². The van der Waals surface area contributed by atoms with E-state index in [1.165, 1.54) is 0 Å². The molecule has 4 heteroatoms. The lowest BCUT2D eigenvalue weighted by molar-refractivity contribution is -0.175. The fourth-order valence-corrected chi connectivity index (χ4v) is 4.25. The van der Waals surface area contributed by atoms with Crippen molar-refractivity contribution >= 4 is 11.9 Å². The molecule has 4 nitrogen and oxygen atoms in total. The van der Waals surface area contributed by atoms with Crippen LogP contribution in [0.1, 0.15) is 92.9 Å². The Balaban J connectivity index is 2.08. The van der Waals surface area contributed by atoms with Crippen LogP contribution in [-0.4, -0.2) is 23.6 Å². The Bertz CT molecular complexity index is 508. The fourth-order valence-electron chi connectivity index (χ4n) is 4.25. The third kappa shape index (κ3) is 4.80. The highest BCUT2D eigenvalue weighted by Crippen LogP contribution is 2.46. The van der Waals surface area contributed by atoms with Crippen molar-refractivity contribution in [3.05, 3.63) is 0 Å². The normalized spacial score (nSPS) is 29.6. The first kappa shape index (κ1) is 21.2. The van der Waals surface area contributed by atoms with Gasteiger partial charge >= 0.3 is 11.9 Å². The second kappa shape index (κ2) is 8.31. The van der Waals surface area contributed by atoms with Gasteiger partial charge in [0.15, 0.2) is 0 Å². The van der Waals surface area contributed by atoms with Crippen molar-refractivity contribution in [2.75, 3.05) is 0 Å². The molecule has 150 valence electrons. The number of rotatable bonds is 6. The summed E-state index contributed by atoms with van der Waals surface area (Å²) in [7, 11) is 0. The molecule has 0 heterocycles. The molecule has 2 saturated carbocycles. The molecule has 0 saturated heterocycles. The van der Waals surface area contributed by atoms with Gasteiger partial charge in [-0.05, 0) is 84.5 Å². The molecule has 4 atom stereocenters. The Labute approximate surface area is 159 Å². The van der Waals surface area contributed by atoms with E-state index in [1.54, 1.807) is 0 Å². The Morgan fingerprint density at radius 3 is 2.12 bits per heavy atom. The Morgan fingerprint density at radius 2 is 1.50 bits per heavy atom. The van der Waals surface area contributed by atoms with E-state index in [0.29, 0.717) is 11.8 Å². The van der Waals surface area contributed by atoms with Gasteiger partial charge in [0.1, 0.15) is 11.7 Å². The molecule has 2 aliphatic rings. The third-order valence-corrected chi connectivity index (χ3v) is 6.85. The van der Waals surface area contributed by atoms with Gasteiger partial charge in [-0.25, -0.2) is 0 Å². The fraction of sp³-hybridized carbons (Fsp3) is 0.909. The zero-order valence-corrected chi connectivity index (χ0v) is 17.6. The van der Waals surface area contributed by atoms with Gasteiger partial charge in [0.05, 0.1) is 11.3 Å². The van der Waals surface area contributed by atoms with Gasteiger partial charge in [0.2, 0.25) is 0 Å². The summed E-state index contributed by atoms with van der Waals surface area (Å²) in [6, 6.07) is 0. The molecule has 2 rings (SSSR count). The third-order valence-electron chi connectivity index (χ3n) is 6.85. The first-order chi connectivity index (χ1) is 12.1. The molecule has 0 N–H and O–H groups in total. The van der Waals surface area contributed by atoms with Crippen molar-refractivity contribution in [1.29, 1.82) is 0 Å². The number of esters is 2. The summed E-state index contributed by atoms with van der Waals surface area (Å²) < 4.78 is 11.8. The summed E-state index contributed by atoms with van der Waals surface area (Å²) in [6.45, 7) is 11.9. The Kier molecular flexibility index (Phi) is 6.79. The predicted octanol–water partition coefficient (Wildman–Crippen LogP) is 5.28. The minimum atomic E-state index is -0.439. The van der Waals surface area contributed by atoms with Crippen LogP contribution < -0.4 is 0 Å². The van der Waals surface area contributed by atoms with E-state index < -0.39 is 11.0 Å². The molecule has 0 bridgehead atoms. The number of hydrogen-bond acceptors (Lipinski definition) is 4. The van der Waals surface area contributed by atoms with Crippen molar-refractivity contribution in [2.45, 2.75) is 105 Å². The summed E-state index contributed by atoms with van der Waals surface area (Å²) in [6.07, 6.45) is 7.50. The lowest BCUT2D eigenvalue weighted by Gasteiger charge is -2.45. The molecule has 0 aliphatic heterocycles. The van der Waals surface area contributed by atoms with Crippen molar-refractivity contribution in [2.24, 2.45) is 23.2 Å². The van der Waals surface area contributed by atoms with Crippen LogP contribution in [0.3, 0.4) is 0 Å². The number of carbonyl (C=O) groups is 2. The standard InChI is InChI=1S/C22H38O4/c1-7-21(3,4)20(24)25-18-14-10-11-15-16(18)12-9-13-17(15)19(23)26-22(5,6)8-2/h15-18H,7-14H2,1-6H3. The van der Waals surface area contributed by atoms with Crippen LogP contribution in [0.15, 0.2) is 0 Å². The molecule has 0 aromatic heterocycles. The molecule has 2 aliphatic carbocycles. The lowest BCUT2D eigenvalue weighted by atomic mass is 9.64. The SMILES string of the molecule is CCC(C)(C)OC(=O)C1CCCC2C(OC(=O)C(C)(C)CC)CCCC12. The van der Waals surface area contributed by atoms with Crippen LogP contribution >= 0.6 is 0 Å². The maximum atomic E-state index is 12.8. The summed E-state index contributed by atoms with van der Waals surface area (Å²) in [4.78, 5) is 25.4. The Morgan fingerprint density at radius 1 is 0.885 bits per heavy atom. The number of ether oxygens (including phenoxy) is 2. The van der Waals surface area contributed by atoms with E-state index in [2.05, 4.69) is 0 Å². The summed E-state index contributed by atoms with van der Waals surface area (Å²) in [5.74, 6) is 0.409. The summed E-state index contributed by atoms with van der Waals surface area (Å²) in [5.41, 5.74) is -0.846. The van der Waals surface area contributed by atoms with Crippen LogP contribution in [0, 0.1) is 23.2 Å². The van der Waals surface area contributed by atoms with Crippen LogP contribution in [0.2, 0.25) is 0 Å².